The highest BCUT2D eigenvalue weighted by atomic mass is 16.5. The van der Waals surface area contributed by atoms with E-state index in [4.69, 9.17) is 9.47 Å². The molecular formula is C33H44O5. The van der Waals surface area contributed by atoms with Gasteiger partial charge in [0.15, 0.2) is 0 Å². The van der Waals surface area contributed by atoms with Crippen molar-refractivity contribution in [2.45, 2.75) is 96.5 Å². The minimum atomic E-state index is -0.994. The van der Waals surface area contributed by atoms with E-state index in [2.05, 4.69) is 13.5 Å². The molecule has 5 nitrogen and oxygen atoms in total. The van der Waals surface area contributed by atoms with E-state index >= 15 is 0 Å². The van der Waals surface area contributed by atoms with Crippen molar-refractivity contribution in [3.8, 4) is 16.9 Å². The molecule has 2 aromatic rings. The van der Waals surface area contributed by atoms with Crippen LogP contribution in [-0.2, 0) is 4.74 Å². The molecule has 0 atom stereocenters. The Morgan fingerprint density at radius 3 is 2.34 bits per heavy atom. The van der Waals surface area contributed by atoms with Crippen LogP contribution in [0.1, 0.15) is 111 Å². The highest BCUT2D eigenvalue weighted by Gasteiger charge is 2.24. The van der Waals surface area contributed by atoms with Gasteiger partial charge in [-0.2, -0.15) is 0 Å². The summed E-state index contributed by atoms with van der Waals surface area (Å²) in [6.07, 6.45) is 16.5. The van der Waals surface area contributed by atoms with Gasteiger partial charge in [-0.1, -0.05) is 63.7 Å². The van der Waals surface area contributed by atoms with Crippen molar-refractivity contribution in [1.29, 1.82) is 0 Å². The monoisotopic (exact) mass is 520 g/mol. The molecule has 0 bridgehead atoms. The number of aromatic carboxylic acids is 1. The van der Waals surface area contributed by atoms with E-state index < -0.39 is 5.97 Å². The molecule has 206 valence electrons. The third-order valence-corrected chi connectivity index (χ3v) is 7.51. The molecule has 0 amide bonds. The van der Waals surface area contributed by atoms with Gasteiger partial charge >= 0.3 is 11.9 Å². The number of rotatable bonds is 16. The SMILES string of the molecule is C=CCCCC1CCC(OC(=O)c2ccc(-c3cc(OCCCCCCCC)ccc3C(=O)O)cc2)CC1. The topological polar surface area (TPSA) is 72.8 Å². The number of carbonyl (C=O) groups excluding carboxylic acids is 1. The molecule has 0 saturated heterocycles. The number of unbranched alkanes of at least 4 members (excludes halogenated alkanes) is 6. The fourth-order valence-electron chi connectivity index (χ4n) is 5.21. The summed E-state index contributed by atoms with van der Waals surface area (Å²) in [5.74, 6) is 0.0625. The van der Waals surface area contributed by atoms with E-state index in [-0.39, 0.29) is 17.6 Å². The van der Waals surface area contributed by atoms with Crippen LogP contribution in [0, 0.1) is 5.92 Å². The second kappa shape index (κ2) is 16.0. The number of carbonyl (C=O) groups is 2. The average molecular weight is 521 g/mol. The van der Waals surface area contributed by atoms with Crippen molar-refractivity contribution in [1.82, 2.24) is 0 Å². The Labute approximate surface area is 228 Å². The molecule has 38 heavy (non-hydrogen) atoms. The lowest BCUT2D eigenvalue weighted by Crippen LogP contribution is -2.24. The van der Waals surface area contributed by atoms with Gasteiger partial charge in [0.05, 0.1) is 17.7 Å². The maximum atomic E-state index is 12.8. The summed E-state index contributed by atoms with van der Waals surface area (Å²) in [5, 5.41) is 9.72. The van der Waals surface area contributed by atoms with Crippen LogP contribution < -0.4 is 4.74 Å². The first-order valence-electron chi connectivity index (χ1n) is 14.4. The third-order valence-electron chi connectivity index (χ3n) is 7.51. The molecule has 2 aromatic carbocycles. The largest absolute Gasteiger partial charge is 0.494 e. The molecular weight excluding hydrogens is 476 g/mol. The van der Waals surface area contributed by atoms with Gasteiger partial charge in [-0.05, 0) is 92.3 Å². The normalized spacial score (nSPS) is 17.1. The van der Waals surface area contributed by atoms with Crippen molar-refractivity contribution in [2.75, 3.05) is 6.61 Å². The lowest BCUT2D eigenvalue weighted by atomic mass is 9.84. The fourth-order valence-corrected chi connectivity index (χ4v) is 5.21. The number of hydrogen-bond acceptors (Lipinski definition) is 4. The Hall–Kier alpha value is -3.08. The highest BCUT2D eigenvalue weighted by Crippen LogP contribution is 2.31. The first kappa shape index (κ1) is 29.5. The van der Waals surface area contributed by atoms with E-state index in [0.717, 1.165) is 56.4 Å². The summed E-state index contributed by atoms with van der Waals surface area (Å²) in [6.45, 7) is 6.61. The Morgan fingerprint density at radius 1 is 0.947 bits per heavy atom. The Balaban J connectivity index is 1.56. The van der Waals surface area contributed by atoms with Gasteiger partial charge in [0, 0.05) is 0 Å². The van der Waals surface area contributed by atoms with Crippen LogP contribution in [0.15, 0.2) is 55.1 Å². The summed E-state index contributed by atoms with van der Waals surface area (Å²) in [4.78, 5) is 24.6. The molecule has 1 fully saturated rings. The van der Waals surface area contributed by atoms with Gasteiger partial charge in [-0.25, -0.2) is 9.59 Å². The lowest BCUT2D eigenvalue weighted by Gasteiger charge is -2.28. The second-order valence-corrected chi connectivity index (χ2v) is 10.5. The van der Waals surface area contributed by atoms with Crippen LogP contribution in [-0.4, -0.2) is 29.8 Å². The minimum Gasteiger partial charge on any atom is -0.494 e. The second-order valence-electron chi connectivity index (χ2n) is 10.5. The van der Waals surface area contributed by atoms with E-state index in [0.29, 0.717) is 23.5 Å². The van der Waals surface area contributed by atoms with E-state index in [1.807, 2.05) is 6.08 Å². The Morgan fingerprint density at radius 2 is 1.66 bits per heavy atom. The molecule has 0 aromatic heterocycles. The van der Waals surface area contributed by atoms with Crippen molar-refractivity contribution < 1.29 is 24.2 Å². The average Bonchev–Trinajstić information content (AvgIpc) is 2.93. The van der Waals surface area contributed by atoms with Gasteiger partial charge in [0.1, 0.15) is 11.9 Å². The molecule has 0 spiro atoms. The summed E-state index contributed by atoms with van der Waals surface area (Å²) in [6, 6.07) is 12.1. The first-order chi connectivity index (χ1) is 18.5. The molecule has 5 heteroatoms. The van der Waals surface area contributed by atoms with Crippen LogP contribution >= 0.6 is 0 Å². The zero-order chi connectivity index (χ0) is 27.2. The number of ether oxygens (including phenoxy) is 2. The molecule has 0 radical (unpaired) electrons. The first-order valence-corrected chi connectivity index (χ1v) is 14.4. The number of benzene rings is 2. The maximum Gasteiger partial charge on any atom is 0.338 e. The predicted molar refractivity (Wildman–Crippen MR) is 153 cm³/mol. The van der Waals surface area contributed by atoms with Gasteiger partial charge in [-0.3, -0.25) is 0 Å². The quantitative estimate of drug-likeness (QED) is 0.136. The van der Waals surface area contributed by atoms with Crippen LogP contribution in [0.4, 0.5) is 0 Å². The molecule has 0 heterocycles. The van der Waals surface area contributed by atoms with Crippen LogP contribution in [0.3, 0.4) is 0 Å². The van der Waals surface area contributed by atoms with E-state index in [1.54, 1.807) is 42.5 Å². The van der Waals surface area contributed by atoms with Crippen molar-refractivity contribution in [3.63, 3.8) is 0 Å². The molecule has 3 rings (SSSR count). The fraction of sp³-hybridized carbons (Fsp3) is 0.515. The number of hydrogen-bond donors (Lipinski definition) is 1. The third kappa shape index (κ3) is 9.34. The van der Waals surface area contributed by atoms with Gasteiger partial charge in [-0.15, -0.1) is 6.58 Å². The lowest BCUT2D eigenvalue weighted by molar-refractivity contribution is 0.0161. The summed E-state index contributed by atoms with van der Waals surface area (Å²) < 4.78 is 11.7. The zero-order valence-corrected chi connectivity index (χ0v) is 23.0. The summed E-state index contributed by atoms with van der Waals surface area (Å²) >= 11 is 0. The smallest absolute Gasteiger partial charge is 0.338 e. The van der Waals surface area contributed by atoms with Crippen LogP contribution in [0.5, 0.6) is 5.75 Å². The molecule has 1 saturated carbocycles. The Bertz CT molecular complexity index is 1020. The molecule has 1 aliphatic carbocycles. The van der Waals surface area contributed by atoms with Gasteiger partial charge in [0.2, 0.25) is 0 Å². The molecule has 1 N–H and O–H groups in total. The minimum absolute atomic E-state index is 0.0306. The summed E-state index contributed by atoms with van der Waals surface area (Å²) in [7, 11) is 0. The number of carboxylic acid groups (broad SMARTS) is 1. The van der Waals surface area contributed by atoms with E-state index in [1.165, 1.54) is 38.5 Å². The molecule has 0 unspecified atom stereocenters. The standard InChI is InChI=1S/C33H44O5/c1-3-5-7-8-9-11-23-37-29-21-22-30(32(34)35)31(24-29)26-15-17-27(18-16-26)33(36)38-28-19-13-25(14-20-28)12-10-6-4-2/h4,15-18,21-22,24-25,28H,2-3,5-14,19-20,23H2,1H3,(H,34,35). The molecule has 1 aliphatic rings. The maximum absolute atomic E-state index is 12.8. The van der Waals surface area contributed by atoms with Crippen LogP contribution in [0.2, 0.25) is 0 Å². The van der Waals surface area contributed by atoms with Gasteiger partial charge < -0.3 is 14.6 Å². The number of allylic oxidation sites excluding steroid dienone is 1. The van der Waals surface area contributed by atoms with Crippen LogP contribution in [0.25, 0.3) is 11.1 Å². The zero-order valence-electron chi connectivity index (χ0n) is 23.0. The number of carboxylic acids is 1. The highest BCUT2D eigenvalue weighted by molar-refractivity contribution is 5.97. The molecule has 0 aliphatic heterocycles. The predicted octanol–water partition coefficient (Wildman–Crippen LogP) is 8.86. The van der Waals surface area contributed by atoms with Crippen molar-refractivity contribution in [2.24, 2.45) is 5.92 Å². The Kier molecular flexibility index (Phi) is 12.4. The van der Waals surface area contributed by atoms with Gasteiger partial charge in [0.25, 0.3) is 0 Å². The number of esters is 1. The summed E-state index contributed by atoms with van der Waals surface area (Å²) in [5.41, 5.74) is 1.99. The van der Waals surface area contributed by atoms with Crippen molar-refractivity contribution >= 4 is 11.9 Å². The van der Waals surface area contributed by atoms with E-state index in [9.17, 15) is 14.7 Å². The van der Waals surface area contributed by atoms with Crippen molar-refractivity contribution in [3.05, 3.63) is 66.2 Å².